The molecule has 1 saturated carbocycles. The Morgan fingerprint density at radius 3 is 2.69 bits per heavy atom. The highest BCUT2D eigenvalue weighted by molar-refractivity contribution is 7.90. The first-order valence-electron chi connectivity index (χ1n) is 10.3. The van der Waals surface area contributed by atoms with Crippen molar-refractivity contribution >= 4 is 15.8 Å². The maximum atomic E-state index is 11.5. The number of aryl methyl sites for hydroxylation is 1. The molecule has 2 aliphatic rings. The summed E-state index contributed by atoms with van der Waals surface area (Å²) in [5.74, 6) is 4.19. The first-order valence-corrected chi connectivity index (χ1v) is 12.2. The van der Waals surface area contributed by atoms with E-state index in [9.17, 15) is 8.42 Å². The normalized spacial score (nSPS) is 22.6. The van der Waals surface area contributed by atoms with Crippen LogP contribution in [0.25, 0.3) is 0 Å². The van der Waals surface area contributed by atoms with Gasteiger partial charge < -0.3 is 14.2 Å². The fourth-order valence-corrected chi connectivity index (χ4v) is 4.77. The van der Waals surface area contributed by atoms with Gasteiger partial charge in [0.05, 0.1) is 11.5 Å². The van der Waals surface area contributed by atoms with Crippen LogP contribution in [-0.4, -0.2) is 49.5 Å². The smallest absolute Gasteiger partial charge is 0.266 e. The molecule has 2 aromatic rings. The first-order chi connectivity index (χ1) is 13.9. The highest BCUT2D eigenvalue weighted by Crippen LogP contribution is 2.49. The Kier molecular flexibility index (Phi) is 5.76. The second-order valence-electron chi connectivity index (χ2n) is 8.07. The van der Waals surface area contributed by atoms with Gasteiger partial charge in [0.2, 0.25) is 11.8 Å². The molecule has 3 heterocycles. The highest BCUT2D eigenvalue weighted by atomic mass is 32.2. The van der Waals surface area contributed by atoms with Gasteiger partial charge in [-0.1, -0.05) is 6.92 Å². The number of rotatable bonds is 8. The summed E-state index contributed by atoms with van der Waals surface area (Å²) in [4.78, 5) is 11.0. The molecule has 0 spiro atoms. The first kappa shape index (κ1) is 20.1. The SMILES string of the molecule is CCc1nc(N2CCC([C@H]3C[C@H]3CCOc3ccc(S(C)(=O)=O)cn3)CC2)no1. The molecule has 29 heavy (non-hydrogen) atoms. The molecule has 0 unspecified atom stereocenters. The van der Waals surface area contributed by atoms with E-state index in [2.05, 4.69) is 20.0 Å². The second-order valence-corrected chi connectivity index (χ2v) is 10.1. The Hall–Kier alpha value is -2.16. The van der Waals surface area contributed by atoms with Gasteiger partial charge in [-0.05, 0) is 54.7 Å². The monoisotopic (exact) mass is 420 g/mol. The van der Waals surface area contributed by atoms with Crippen LogP contribution in [0.5, 0.6) is 5.88 Å². The van der Waals surface area contributed by atoms with Crippen molar-refractivity contribution in [1.82, 2.24) is 15.1 Å². The molecule has 158 valence electrons. The third-order valence-corrected chi connectivity index (χ3v) is 7.14. The van der Waals surface area contributed by atoms with E-state index >= 15 is 0 Å². The molecule has 1 aliphatic heterocycles. The predicted octanol–water partition coefficient (Wildman–Crippen LogP) is 2.75. The lowest BCUT2D eigenvalue weighted by atomic mass is 9.90. The Bertz CT molecular complexity index is 920. The van der Waals surface area contributed by atoms with Gasteiger partial charge >= 0.3 is 0 Å². The third kappa shape index (κ3) is 4.88. The van der Waals surface area contributed by atoms with E-state index in [0.29, 0.717) is 18.4 Å². The van der Waals surface area contributed by atoms with E-state index in [1.807, 2.05) is 6.92 Å². The second kappa shape index (κ2) is 8.30. The van der Waals surface area contributed by atoms with Crippen molar-refractivity contribution in [2.24, 2.45) is 17.8 Å². The van der Waals surface area contributed by atoms with E-state index in [1.54, 1.807) is 12.1 Å². The summed E-state index contributed by atoms with van der Waals surface area (Å²) in [6.07, 6.45) is 7.94. The third-order valence-electron chi connectivity index (χ3n) is 6.04. The van der Waals surface area contributed by atoms with E-state index in [4.69, 9.17) is 9.26 Å². The van der Waals surface area contributed by atoms with Crippen molar-refractivity contribution < 1.29 is 17.7 Å². The quantitative estimate of drug-likeness (QED) is 0.643. The van der Waals surface area contributed by atoms with Crippen LogP contribution < -0.4 is 9.64 Å². The molecule has 2 fully saturated rings. The molecule has 0 amide bonds. The average molecular weight is 421 g/mol. The molecule has 9 heteroatoms. The molecule has 0 aromatic carbocycles. The maximum Gasteiger partial charge on any atom is 0.266 e. The van der Waals surface area contributed by atoms with E-state index in [0.717, 1.165) is 49.6 Å². The van der Waals surface area contributed by atoms with Gasteiger partial charge in [-0.2, -0.15) is 4.98 Å². The minimum Gasteiger partial charge on any atom is -0.478 e. The lowest BCUT2D eigenvalue weighted by Gasteiger charge is -2.31. The summed E-state index contributed by atoms with van der Waals surface area (Å²) in [7, 11) is -3.22. The number of anilines is 1. The highest BCUT2D eigenvalue weighted by Gasteiger charge is 2.43. The Labute approximate surface area is 171 Å². The van der Waals surface area contributed by atoms with Crippen LogP contribution in [-0.2, 0) is 16.3 Å². The summed E-state index contributed by atoms with van der Waals surface area (Å²) in [6.45, 7) is 4.61. The molecule has 2 aromatic heterocycles. The topological polar surface area (TPSA) is 98.4 Å². The summed E-state index contributed by atoms with van der Waals surface area (Å²) >= 11 is 0. The molecule has 0 bridgehead atoms. The van der Waals surface area contributed by atoms with E-state index < -0.39 is 9.84 Å². The van der Waals surface area contributed by atoms with Crippen LogP contribution in [0.1, 0.15) is 38.5 Å². The van der Waals surface area contributed by atoms with E-state index in [-0.39, 0.29) is 4.90 Å². The van der Waals surface area contributed by atoms with Gasteiger partial charge in [-0.3, -0.25) is 0 Å². The number of ether oxygens (including phenoxy) is 1. The van der Waals surface area contributed by atoms with Crippen molar-refractivity contribution in [2.75, 3.05) is 30.9 Å². The van der Waals surface area contributed by atoms with Gasteiger partial charge in [0.1, 0.15) is 0 Å². The minimum atomic E-state index is -3.22. The minimum absolute atomic E-state index is 0.213. The molecule has 4 rings (SSSR count). The molecule has 1 aliphatic carbocycles. The summed E-state index contributed by atoms with van der Waals surface area (Å²) in [6, 6.07) is 3.16. The molecule has 0 radical (unpaired) electrons. The fourth-order valence-electron chi connectivity index (χ4n) is 4.21. The Morgan fingerprint density at radius 1 is 1.28 bits per heavy atom. The Balaban J connectivity index is 1.17. The van der Waals surface area contributed by atoms with Crippen LogP contribution in [0.4, 0.5) is 5.95 Å². The molecular weight excluding hydrogens is 392 g/mol. The zero-order chi connectivity index (χ0) is 20.4. The van der Waals surface area contributed by atoms with Gasteiger partial charge in [0, 0.05) is 38.0 Å². The zero-order valence-corrected chi connectivity index (χ0v) is 17.8. The summed E-state index contributed by atoms with van der Waals surface area (Å²) in [5, 5.41) is 4.08. The lowest BCUT2D eigenvalue weighted by molar-refractivity contribution is 0.275. The molecule has 2 atom stereocenters. The lowest BCUT2D eigenvalue weighted by Crippen LogP contribution is -2.35. The van der Waals surface area contributed by atoms with Crippen LogP contribution in [0.2, 0.25) is 0 Å². The zero-order valence-electron chi connectivity index (χ0n) is 17.0. The number of nitrogens with zero attached hydrogens (tertiary/aromatic N) is 4. The van der Waals surface area contributed by atoms with Crippen molar-refractivity contribution in [2.45, 2.75) is 43.9 Å². The number of hydrogen-bond acceptors (Lipinski definition) is 8. The summed E-state index contributed by atoms with van der Waals surface area (Å²) < 4.78 is 33.9. The molecular formula is C20H28N4O4S. The largest absolute Gasteiger partial charge is 0.478 e. The number of sulfone groups is 1. The van der Waals surface area contributed by atoms with Crippen molar-refractivity contribution in [3.8, 4) is 5.88 Å². The number of aromatic nitrogens is 3. The van der Waals surface area contributed by atoms with Crippen LogP contribution >= 0.6 is 0 Å². The van der Waals surface area contributed by atoms with Crippen molar-refractivity contribution in [3.05, 3.63) is 24.2 Å². The summed E-state index contributed by atoms with van der Waals surface area (Å²) in [5.41, 5.74) is 0. The maximum absolute atomic E-state index is 11.5. The average Bonchev–Trinajstić information content (AvgIpc) is 3.32. The standard InChI is InChI=1S/C20H28N4O4S/c1-3-18-22-20(23-28-18)24-9-6-14(7-10-24)17-12-15(17)8-11-27-19-5-4-16(13-21-19)29(2,25)26/h4-5,13-15,17H,3,6-12H2,1-2H3/t15-,17-/m1/s1. The number of piperidine rings is 1. The fraction of sp³-hybridized carbons (Fsp3) is 0.650. The molecule has 1 saturated heterocycles. The predicted molar refractivity (Wildman–Crippen MR) is 108 cm³/mol. The molecule has 8 nitrogen and oxygen atoms in total. The van der Waals surface area contributed by atoms with Crippen LogP contribution in [0, 0.1) is 17.8 Å². The van der Waals surface area contributed by atoms with Crippen molar-refractivity contribution in [3.63, 3.8) is 0 Å². The number of hydrogen-bond donors (Lipinski definition) is 0. The van der Waals surface area contributed by atoms with Gasteiger partial charge in [-0.25, -0.2) is 13.4 Å². The van der Waals surface area contributed by atoms with Gasteiger partial charge in [-0.15, -0.1) is 0 Å². The van der Waals surface area contributed by atoms with Gasteiger partial charge in [0.15, 0.2) is 9.84 Å². The Morgan fingerprint density at radius 2 is 2.07 bits per heavy atom. The van der Waals surface area contributed by atoms with E-state index in [1.165, 1.54) is 31.7 Å². The number of pyridine rings is 1. The van der Waals surface area contributed by atoms with Crippen LogP contribution in [0.3, 0.4) is 0 Å². The molecule has 0 N–H and O–H groups in total. The van der Waals surface area contributed by atoms with Crippen molar-refractivity contribution in [1.29, 1.82) is 0 Å². The van der Waals surface area contributed by atoms with Gasteiger partial charge in [0.25, 0.3) is 5.95 Å². The van der Waals surface area contributed by atoms with Crippen LogP contribution in [0.15, 0.2) is 27.7 Å².